The summed E-state index contributed by atoms with van der Waals surface area (Å²) in [4.78, 5) is 34.2. The predicted octanol–water partition coefficient (Wildman–Crippen LogP) is 0.555. The van der Waals surface area contributed by atoms with E-state index in [1.54, 1.807) is 13.8 Å². The van der Waals surface area contributed by atoms with Crippen LogP contribution in [0.4, 0.5) is 0 Å². The number of carboxylic acids is 1. The number of amides is 1. The quantitative estimate of drug-likeness (QED) is 0.718. The number of carbonyl (C=O) groups excluding carboxylic acids is 2. The lowest BCUT2D eigenvalue weighted by atomic mass is 10.0. The number of carboxylic acid groups (broad SMARTS) is 1. The van der Waals surface area contributed by atoms with Crippen LogP contribution in [0.1, 0.15) is 33.1 Å². The molecule has 0 saturated heterocycles. The van der Waals surface area contributed by atoms with Gasteiger partial charge in [-0.05, 0) is 33.1 Å². The second-order valence-electron chi connectivity index (χ2n) is 5.15. The second kappa shape index (κ2) is 5.37. The molecule has 1 aliphatic rings. The molecule has 2 unspecified atom stereocenters. The third-order valence-corrected chi connectivity index (χ3v) is 3.28. The van der Waals surface area contributed by atoms with E-state index in [2.05, 4.69) is 10.1 Å². The number of carbonyl (C=O) groups is 3. The summed E-state index contributed by atoms with van der Waals surface area (Å²) in [5.74, 6) is -2.47. The number of hydrogen-bond donors (Lipinski definition) is 2. The van der Waals surface area contributed by atoms with Gasteiger partial charge in [-0.3, -0.25) is 9.59 Å². The molecule has 6 nitrogen and oxygen atoms in total. The average molecular weight is 257 g/mol. The molecule has 0 aromatic heterocycles. The van der Waals surface area contributed by atoms with Crippen molar-refractivity contribution in [2.24, 2.45) is 11.8 Å². The van der Waals surface area contributed by atoms with Gasteiger partial charge in [-0.15, -0.1) is 0 Å². The lowest BCUT2D eigenvalue weighted by molar-refractivity contribution is -0.150. The summed E-state index contributed by atoms with van der Waals surface area (Å²) >= 11 is 0. The van der Waals surface area contributed by atoms with E-state index >= 15 is 0 Å². The molecule has 18 heavy (non-hydrogen) atoms. The summed E-state index contributed by atoms with van der Waals surface area (Å²) in [6.07, 6.45) is 1.38. The Morgan fingerprint density at radius 2 is 1.78 bits per heavy atom. The molecule has 0 radical (unpaired) electrons. The molecule has 0 heterocycles. The summed E-state index contributed by atoms with van der Waals surface area (Å²) in [5.41, 5.74) is -1.09. The summed E-state index contributed by atoms with van der Waals surface area (Å²) in [5, 5.41) is 11.5. The van der Waals surface area contributed by atoms with Crippen LogP contribution in [0.25, 0.3) is 0 Å². The number of aliphatic carboxylic acids is 1. The van der Waals surface area contributed by atoms with Gasteiger partial charge < -0.3 is 15.2 Å². The van der Waals surface area contributed by atoms with Crippen LogP contribution in [0.5, 0.6) is 0 Å². The topological polar surface area (TPSA) is 92.7 Å². The van der Waals surface area contributed by atoms with E-state index in [1.165, 1.54) is 7.11 Å². The van der Waals surface area contributed by atoms with Gasteiger partial charge in [0.25, 0.3) is 0 Å². The minimum absolute atomic E-state index is 0.283. The van der Waals surface area contributed by atoms with E-state index in [9.17, 15) is 14.4 Å². The summed E-state index contributed by atoms with van der Waals surface area (Å²) < 4.78 is 4.59. The predicted molar refractivity (Wildman–Crippen MR) is 62.7 cm³/mol. The maximum atomic E-state index is 11.9. The largest absolute Gasteiger partial charge is 0.481 e. The third kappa shape index (κ3) is 3.21. The van der Waals surface area contributed by atoms with Gasteiger partial charge in [0.1, 0.15) is 5.54 Å². The highest BCUT2D eigenvalue weighted by molar-refractivity contribution is 5.88. The van der Waals surface area contributed by atoms with Crippen LogP contribution in [-0.2, 0) is 19.1 Å². The van der Waals surface area contributed by atoms with Gasteiger partial charge in [-0.2, -0.15) is 0 Å². The molecular formula is C12H19NO5. The normalized spacial score (nSPS) is 23.5. The van der Waals surface area contributed by atoms with Gasteiger partial charge in [0.2, 0.25) is 5.91 Å². The standard InChI is InChI=1S/C12H19NO5/c1-12(2,11(17)18-3)13-9(14)7-4-5-8(6-7)10(15)16/h7-8H,4-6H2,1-3H3,(H,13,14)(H,15,16). The van der Waals surface area contributed by atoms with Crippen LogP contribution in [0.2, 0.25) is 0 Å². The number of methoxy groups -OCH3 is 1. The Balaban J connectivity index is 2.57. The summed E-state index contributed by atoms with van der Waals surface area (Å²) in [7, 11) is 1.26. The molecule has 2 atom stereocenters. The first-order valence-electron chi connectivity index (χ1n) is 5.91. The van der Waals surface area contributed by atoms with E-state index in [4.69, 9.17) is 5.11 Å². The van der Waals surface area contributed by atoms with Crippen molar-refractivity contribution in [3.63, 3.8) is 0 Å². The summed E-state index contributed by atoms with van der Waals surface area (Å²) in [6, 6.07) is 0. The number of ether oxygens (including phenoxy) is 1. The van der Waals surface area contributed by atoms with Crippen molar-refractivity contribution in [1.29, 1.82) is 0 Å². The van der Waals surface area contributed by atoms with Crippen molar-refractivity contribution in [2.75, 3.05) is 7.11 Å². The van der Waals surface area contributed by atoms with Crippen LogP contribution < -0.4 is 5.32 Å². The van der Waals surface area contributed by atoms with Gasteiger partial charge in [0.15, 0.2) is 0 Å². The highest BCUT2D eigenvalue weighted by atomic mass is 16.5. The molecule has 0 aliphatic heterocycles. The van der Waals surface area contributed by atoms with Crippen molar-refractivity contribution in [3.05, 3.63) is 0 Å². The Morgan fingerprint density at radius 3 is 2.22 bits per heavy atom. The van der Waals surface area contributed by atoms with Crippen molar-refractivity contribution >= 4 is 17.8 Å². The Bertz CT molecular complexity index is 363. The SMILES string of the molecule is COC(=O)C(C)(C)NC(=O)C1CCC(C(=O)O)C1. The highest BCUT2D eigenvalue weighted by Gasteiger charge is 2.37. The van der Waals surface area contributed by atoms with Crippen molar-refractivity contribution in [3.8, 4) is 0 Å². The van der Waals surface area contributed by atoms with E-state index < -0.39 is 23.4 Å². The fourth-order valence-corrected chi connectivity index (χ4v) is 2.16. The molecule has 1 amide bonds. The van der Waals surface area contributed by atoms with E-state index in [-0.39, 0.29) is 11.8 Å². The lowest BCUT2D eigenvalue weighted by Crippen LogP contribution is -2.51. The lowest BCUT2D eigenvalue weighted by Gasteiger charge is -2.24. The molecule has 0 aromatic carbocycles. The van der Waals surface area contributed by atoms with Crippen molar-refractivity contribution in [2.45, 2.75) is 38.6 Å². The number of nitrogens with one attached hydrogen (secondary N) is 1. The van der Waals surface area contributed by atoms with E-state index in [0.29, 0.717) is 19.3 Å². The monoisotopic (exact) mass is 257 g/mol. The molecular weight excluding hydrogens is 238 g/mol. The second-order valence-corrected chi connectivity index (χ2v) is 5.15. The average Bonchev–Trinajstić information content (AvgIpc) is 2.76. The molecule has 1 rings (SSSR count). The fourth-order valence-electron chi connectivity index (χ4n) is 2.16. The first kappa shape index (κ1) is 14.5. The van der Waals surface area contributed by atoms with Gasteiger partial charge in [-0.25, -0.2) is 4.79 Å². The zero-order chi connectivity index (χ0) is 13.9. The molecule has 1 fully saturated rings. The fraction of sp³-hybridized carbons (Fsp3) is 0.750. The van der Waals surface area contributed by atoms with Gasteiger partial charge >= 0.3 is 11.9 Å². The van der Waals surface area contributed by atoms with Gasteiger partial charge in [0, 0.05) is 5.92 Å². The zero-order valence-electron chi connectivity index (χ0n) is 10.9. The van der Waals surface area contributed by atoms with Crippen LogP contribution in [0.15, 0.2) is 0 Å². The van der Waals surface area contributed by atoms with E-state index in [1.807, 2.05) is 0 Å². The van der Waals surface area contributed by atoms with Crippen LogP contribution in [-0.4, -0.2) is 35.6 Å². The van der Waals surface area contributed by atoms with Crippen molar-refractivity contribution in [1.82, 2.24) is 5.32 Å². The Hall–Kier alpha value is -1.59. The number of rotatable bonds is 4. The van der Waals surface area contributed by atoms with E-state index in [0.717, 1.165) is 0 Å². The molecule has 2 N–H and O–H groups in total. The van der Waals surface area contributed by atoms with Gasteiger partial charge in [0.05, 0.1) is 13.0 Å². The zero-order valence-corrected chi connectivity index (χ0v) is 10.9. The smallest absolute Gasteiger partial charge is 0.330 e. The minimum Gasteiger partial charge on any atom is -0.481 e. The molecule has 1 saturated carbocycles. The summed E-state index contributed by atoms with van der Waals surface area (Å²) in [6.45, 7) is 3.11. The first-order valence-corrected chi connectivity index (χ1v) is 5.91. The first-order chi connectivity index (χ1) is 8.27. The molecule has 1 aliphatic carbocycles. The van der Waals surface area contributed by atoms with Crippen LogP contribution in [0, 0.1) is 11.8 Å². The number of esters is 1. The highest BCUT2D eigenvalue weighted by Crippen LogP contribution is 2.31. The Kier molecular flexibility index (Phi) is 4.32. The maximum absolute atomic E-state index is 11.9. The maximum Gasteiger partial charge on any atom is 0.330 e. The Labute approximate surface area is 106 Å². The van der Waals surface area contributed by atoms with Crippen molar-refractivity contribution < 1.29 is 24.2 Å². The molecule has 0 aromatic rings. The number of hydrogen-bond acceptors (Lipinski definition) is 4. The van der Waals surface area contributed by atoms with Gasteiger partial charge in [-0.1, -0.05) is 0 Å². The molecule has 0 spiro atoms. The Morgan fingerprint density at radius 1 is 1.22 bits per heavy atom. The van der Waals surface area contributed by atoms with Crippen LogP contribution in [0.3, 0.4) is 0 Å². The third-order valence-electron chi connectivity index (χ3n) is 3.28. The minimum atomic E-state index is -1.09. The molecule has 6 heteroatoms. The molecule has 102 valence electrons. The van der Waals surface area contributed by atoms with Crippen LogP contribution >= 0.6 is 0 Å². The molecule has 0 bridgehead atoms.